The summed E-state index contributed by atoms with van der Waals surface area (Å²) in [5.74, 6) is 1.60. The van der Waals surface area contributed by atoms with Crippen molar-refractivity contribution in [3.8, 4) is 28.6 Å². The molecule has 5 heterocycles. The molecular formula is C52H31N5S. The van der Waals surface area contributed by atoms with E-state index in [0.717, 1.165) is 54.9 Å². The number of rotatable bonds is 4. The monoisotopic (exact) mass is 757 g/mol. The smallest absolute Gasteiger partial charge is 0.162 e. The van der Waals surface area contributed by atoms with Crippen molar-refractivity contribution in [2.75, 3.05) is 0 Å². The molecule has 6 heteroatoms. The van der Waals surface area contributed by atoms with Crippen molar-refractivity contribution in [3.05, 3.63) is 188 Å². The minimum atomic E-state index is 0.706. The van der Waals surface area contributed by atoms with E-state index in [1.54, 1.807) is 11.3 Å². The first-order valence-electron chi connectivity index (χ1n) is 19.6. The van der Waals surface area contributed by atoms with Crippen LogP contribution in [0.3, 0.4) is 0 Å². The normalized spacial score (nSPS) is 12.1. The van der Waals surface area contributed by atoms with Crippen LogP contribution in [0.1, 0.15) is 0 Å². The minimum absolute atomic E-state index is 0.706. The molecule has 0 spiro atoms. The van der Waals surface area contributed by atoms with Gasteiger partial charge in [0.1, 0.15) is 0 Å². The number of benzene rings is 8. The summed E-state index contributed by atoms with van der Waals surface area (Å²) in [6.07, 6.45) is 0. The second kappa shape index (κ2) is 12.0. The van der Waals surface area contributed by atoms with Crippen molar-refractivity contribution < 1.29 is 0 Å². The number of nitrogens with zero attached hydrogens (tertiary/aromatic N) is 5. The van der Waals surface area contributed by atoms with Gasteiger partial charge in [-0.3, -0.25) is 4.57 Å². The van der Waals surface area contributed by atoms with Gasteiger partial charge in [-0.2, -0.15) is 0 Å². The van der Waals surface area contributed by atoms with E-state index in [1.807, 2.05) is 0 Å². The molecule has 0 saturated carbocycles. The molecule has 0 aliphatic carbocycles. The van der Waals surface area contributed by atoms with Gasteiger partial charge in [-0.05, 0) is 78.9 Å². The highest BCUT2D eigenvalue weighted by molar-refractivity contribution is 7.26. The van der Waals surface area contributed by atoms with Gasteiger partial charge in [-0.25, -0.2) is 9.97 Å². The van der Waals surface area contributed by atoms with Crippen LogP contribution in [0.25, 0.3) is 114 Å². The lowest BCUT2D eigenvalue weighted by atomic mass is 10.1. The lowest BCUT2D eigenvalue weighted by molar-refractivity contribution is 1.08. The predicted octanol–water partition coefficient (Wildman–Crippen LogP) is 13.8. The third-order valence-corrected chi connectivity index (χ3v) is 13.0. The van der Waals surface area contributed by atoms with E-state index in [9.17, 15) is 0 Å². The third kappa shape index (κ3) is 4.40. The summed E-state index contributed by atoms with van der Waals surface area (Å²) in [7, 11) is 0. The van der Waals surface area contributed by atoms with E-state index in [0.29, 0.717) is 5.82 Å². The Morgan fingerprint density at radius 2 is 0.828 bits per heavy atom. The number of hydrogen-bond acceptors (Lipinski definition) is 3. The second-order valence-electron chi connectivity index (χ2n) is 15.0. The van der Waals surface area contributed by atoms with Crippen LogP contribution in [0.4, 0.5) is 0 Å². The molecule has 0 saturated heterocycles. The van der Waals surface area contributed by atoms with E-state index < -0.39 is 0 Å². The number of fused-ring (bicyclic) bond motifs is 12. The fourth-order valence-electron chi connectivity index (χ4n) is 9.35. The highest BCUT2D eigenvalue weighted by atomic mass is 32.1. The van der Waals surface area contributed by atoms with Crippen LogP contribution in [0.5, 0.6) is 0 Å². The molecule has 0 aliphatic rings. The van der Waals surface area contributed by atoms with E-state index in [4.69, 9.17) is 9.97 Å². The number of hydrogen-bond donors (Lipinski definition) is 0. The summed E-state index contributed by atoms with van der Waals surface area (Å²) in [6, 6.07) is 67.6. The van der Waals surface area contributed by atoms with Crippen LogP contribution in [-0.4, -0.2) is 23.7 Å². The molecule has 58 heavy (non-hydrogen) atoms. The standard InChI is InChI=1S/C52H31N5S/c1-2-14-33(15-3-1)55-44-23-11-6-18-37(44)40-30-32(26-28-46(40)55)51-53-49-39-20-8-13-25-48(39)58-50(49)52(54-51)57-45-24-12-7-19-38(45)41-31-34(27-29-47(41)57)56-42-21-9-4-16-35(42)36-17-5-10-22-43(36)56/h1-31H. The van der Waals surface area contributed by atoms with Crippen LogP contribution >= 0.6 is 11.3 Å². The Labute approximate surface area is 335 Å². The SMILES string of the molecule is c1ccc(-n2c3ccccc3c3cc(-c4nc(-n5c6ccccc6c6cc(-n7c8ccccc8c8ccccc87)ccc65)c5sc6ccccc6c5n4)ccc32)cc1. The third-order valence-electron chi connectivity index (χ3n) is 11.9. The van der Waals surface area contributed by atoms with Gasteiger partial charge in [0, 0.05) is 59.3 Å². The Bertz CT molecular complexity index is 3750. The maximum absolute atomic E-state index is 5.57. The molecule has 0 radical (unpaired) electrons. The van der Waals surface area contributed by atoms with Crippen molar-refractivity contribution in [3.63, 3.8) is 0 Å². The van der Waals surface area contributed by atoms with E-state index >= 15 is 0 Å². The van der Waals surface area contributed by atoms with Crippen molar-refractivity contribution in [1.29, 1.82) is 0 Å². The van der Waals surface area contributed by atoms with Crippen molar-refractivity contribution in [2.24, 2.45) is 0 Å². The number of aromatic nitrogens is 5. The molecule has 0 amide bonds. The van der Waals surface area contributed by atoms with Gasteiger partial charge in [-0.1, -0.05) is 109 Å². The Morgan fingerprint density at radius 1 is 0.345 bits per heavy atom. The largest absolute Gasteiger partial charge is 0.309 e. The van der Waals surface area contributed by atoms with Gasteiger partial charge in [0.2, 0.25) is 0 Å². The Balaban J connectivity index is 1.08. The second-order valence-corrected chi connectivity index (χ2v) is 16.0. The van der Waals surface area contributed by atoms with Crippen LogP contribution in [0.2, 0.25) is 0 Å². The Hall–Kier alpha value is -7.54. The molecule has 5 nitrogen and oxygen atoms in total. The summed E-state index contributed by atoms with van der Waals surface area (Å²) >= 11 is 1.76. The van der Waals surface area contributed by atoms with E-state index in [1.165, 1.54) is 53.6 Å². The topological polar surface area (TPSA) is 40.6 Å². The highest BCUT2D eigenvalue weighted by Gasteiger charge is 2.22. The summed E-state index contributed by atoms with van der Waals surface area (Å²) in [6.45, 7) is 0. The van der Waals surface area contributed by atoms with Crippen LogP contribution in [-0.2, 0) is 0 Å². The molecule has 13 rings (SSSR count). The van der Waals surface area contributed by atoms with E-state index in [2.05, 4.69) is 202 Å². The average molecular weight is 758 g/mol. The Morgan fingerprint density at radius 3 is 1.50 bits per heavy atom. The maximum Gasteiger partial charge on any atom is 0.162 e. The lowest BCUT2D eigenvalue weighted by Crippen LogP contribution is -2.02. The van der Waals surface area contributed by atoms with Gasteiger partial charge in [0.05, 0.1) is 43.3 Å². The molecule has 270 valence electrons. The van der Waals surface area contributed by atoms with Gasteiger partial charge in [-0.15, -0.1) is 11.3 Å². The van der Waals surface area contributed by atoms with Crippen LogP contribution in [0, 0.1) is 0 Å². The van der Waals surface area contributed by atoms with Crippen molar-refractivity contribution in [2.45, 2.75) is 0 Å². The van der Waals surface area contributed by atoms with Crippen LogP contribution < -0.4 is 0 Å². The molecule has 13 aromatic rings. The number of para-hydroxylation sites is 5. The quantitative estimate of drug-likeness (QED) is 0.179. The van der Waals surface area contributed by atoms with Gasteiger partial charge < -0.3 is 9.13 Å². The summed E-state index contributed by atoms with van der Waals surface area (Å²) in [5, 5.41) is 8.39. The number of thiophene rings is 1. The minimum Gasteiger partial charge on any atom is -0.309 e. The molecule has 0 N–H and O–H groups in total. The van der Waals surface area contributed by atoms with Gasteiger partial charge in [0.15, 0.2) is 11.6 Å². The zero-order valence-electron chi connectivity index (χ0n) is 31.0. The predicted molar refractivity (Wildman–Crippen MR) is 243 cm³/mol. The molecular weight excluding hydrogens is 727 g/mol. The first-order chi connectivity index (χ1) is 28.8. The van der Waals surface area contributed by atoms with Crippen molar-refractivity contribution >= 4 is 97.1 Å². The Kier molecular flexibility index (Phi) is 6.54. The summed E-state index contributed by atoms with van der Waals surface area (Å²) in [5.41, 5.74) is 11.2. The van der Waals surface area contributed by atoms with Gasteiger partial charge in [0.25, 0.3) is 0 Å². The maximum atomic E-state index is 5.57. The molecule has 0 atom stereocenters. The highest BCUT2D eigenvalue weighted by Crippen LogP contribution is 2.42. The van der Waals surface area contributed by atoms with Crippen LogP contribution in [0.15, 0.2) is 188 Å². The average Bonchev–Trinajstić information content (AvgIpc) is 4.02. The van der Waals surface area contributed by atoms with Crippen molar-refractivity contribution in [1.82, 2.24) is 23.7 Å². The fourth-order valence-corrected chi connectivity index (χ4v) is 10.5. The molecule has 0 bridgehead atoms. The first-order valence-corrected chi connectivity index (χ1v) is 20.4. The fraction of sp³-hybridized carbons (Fsp3) is 0. The zero-order chi connectivity index (χ0) is 37.9. The summed E-state index contributed by atoms with van der Waals surface area (Å²) in [4.78, 5) is 11.0. The molecule has 5 aromatic heterocycles. The molecule has 0 aliphatic heterocycles. The van der Waals surface area contributed by atoms with E-state index in [-0.39, 0.29) is 0 Å². The zero-order valence-corrected chi connectivity index (χ0v) is 31.9. The lowest BCUT2D eigenvalue weighted by Gasteiger charge is -2.12. The molecule has 8 aromatic carbocycles. The van der Waals surface area contributed by atoms with Gasteiger partial charge >= 0.3 is 0 Å². The first kappa shape index (κ1) is 31.6. The molecule has 0 unspecified atom stereocenters. The summed E-state index contributed by atoms with van der Waals surface area (Å²) < 4.78 is 9.38. The molecule has 0 fully saturated rings.